The monoisotopic (exact) mass is 372 g/mol. The Morgan fingerprint density at radius 3 is 2.85 bits per heavy atom. The van der Waals surface area contributed by atoms with Crippen LogP contribution in [0.4, 0.5) is 0 Å². The first-order valence-corrected chi connectivity index (χ1v) is 8.92. The highest BCUT2D eigenvalue weighted by molar-refractivity contribution is 7.07. The van der Waals surface area contributed by atoms with Crippen molar-refractivity contribution in [1.29, 1.82) is 0 Å². The fourth-order valence-corrected chi connectivity index (χ4v) is 3.04. The predicted octanol–water partition coefficient (Wildman–Crippen LogP) is 2.74. The summed E-state index contributed by atoms with van der Waals surface area (Å²) < 4.78 is 12.8. The van der Waals surface area contributed by atoms with Crippen LogP contribution < -0.4 is 9.47 Å². The number of hydrogen-bond donors (Lipinski definition) is 0. The molecule has 8 heteroatoms. The van der Waals surface area contributed by atoms with Gasteiger partial charge in [0.1, 0.15) is 6.61 Å². The largest absolute Gasteiger partial charge is 0.493 e. The summed E-state index contributed by atoms with van der Waals surface area (Å²) in [4.78, 5) is 18.5. The Balaban J connectivity index is 1.69. The standard InChI is InChI=1S/C18H20N4O3S/c1-21(8-13-7-20-22(2)9-13)18(23)14-4-5-16(17(6-14)24-3)25-10-15-11-26-12-19-15/h4-7,9,11-12H,8,10H2,1-3H3. The van der Waals surface area contributed by atoms with Crippen molar-refractivity contribution in [2.45, 2.75) is 13.2 Å². The van der Waals surface area contributed by atoms with Gasteiger partial charge in [0.05, 0.1) is 24.5 Å². The van der Waals surface area contributed by atoms with Crippen molar-refractivity contribution in [2.75, 3.05) is 14.2 Å². The molecule has 3 aromatic rings. The fourth-order valence-electron chi connectivity index (χ4n) is 2.50. The van der Waals surface area contributed by atoms with Crippen LogP contribution in [0.15, 0.2) is 41.5 Å². The molecule has 136 valence electrons. The van der Waals surface area contributed by atoms with Crippen LogP contribution in [-0.4, -0.2) is 39.7 Å². The van der Waals surface area contributed by atoms with Gasteiger partial charge in [0.2, 0.25) is 0 Å². The van der Waals surface area contributed by atoms with Gasteiger partial charge in [-0.05, 0) is 18.2 Å². The Morgan fingerprint density at radius 2 is 2.19 bits per heavy atom. The average molecular weight is 372 g/mol. The van der Waals surface area contributed by atoms with Crippen molar-refractivity contribution in [2.24, 2.45) is 7.05 Å². The van der Waals surface area contributed by atoms with Crippen molar-refractivity contribution < 1.29 is 14.3 Å². The molecule has 1 amide bonds. The maximum atomic E-state index is 12.7. The summed E-state index contributed by atoms with van der Waals surface area (Å²) in [6.07, 6.45) is 3.64. The molecule has 0 spiro atoms. The zero-order chi connectivity index (χ0) is 18.5. The zero-order valence-corrected chi connectivity index (χ0v) is 15.7. The lowest BCUT2D eigenvalue weighted by Gasteiger charge is -2.17. The van der Waals surface area contributed by atoms with E-state index in [1.165, 1.54) is 11.3 Å². The Hall–Kier alpha value is -2.87. The van der Waals surface area contributed by atoms with Crippen LogP contribution in [-0.2, 0) is 20.2 Å². The number of aromatic nitrogens is 3. The molecule has 2 aromatic heterocycles. The van der Waals surface area contributed by atoms with E-state index in [1.807, 2.05) is 18.6 Å². The molecule has 7 nitrogen and oxygen atoms in total. The highest BCUT2D eigenvalue weighted by Crippen LogP contribution is 2.29. The summed E-state index contributed by atoms with van der Waals surface area (Å²) in [5, 5.41) is 6.05. The van der Waals surface area contributed by atoms with Gasteiger partial charge in [0, 0.05) is 43.3 Å². The van der Waals surface area contributed by atoms with E-state index in [0.717, 1.165) is 11.3 Å². The maximum Gasteiger partial charge on any atom is 0.254 e. The van der Waals surface area contributed by atoms with Gasteiger partial charge in [-0.3, -0.25) is 9.48 Å². The van der Waals surface area contributed by atoms with Crippen molar-refractivity contribution in [3.05, 3.63) is 58.3 Å². The van der Waals surface area contributed by atoms with Gasteiger partial charge in [-0.15, -0.1) is 11.3 Å². The number of aryl methyl sites for hydroxylation is 1. The lowest BCUT2D eigenvalue weighted by Crippen LogP contribution is -2.26. The molecule has 0 saturated carbocycles. The van der Waals surface area contributed by atoms with Crippen LogP contribution in [0.5, 0.6) is 11.5 Å². The number of amides is 1. The van der Waals surface area contributed by atoms with E-state index in [9.17, 15) is 4.79 Å². The van der Waals surface area contributed by atoms with Gasteiger partial charge in [-0.1, -0.05) is 0 Å². The van der Waals surface area contributed by atoms with E-state index in [1.54, 1.807) is 53.6 Å². The molecule has 0 radical (unpaired) electrons. The predicted molar refractivity (Wildman–Crippen MR) is 98.4 cm³/mol. The molecule has 2 heterocycles. The normalized spacial score (nSPS) is 10.6. The zero-order valence-electron chi connectivity index (χ0n) is 14.9. The quantitative estimate of drug-likeness (QED) is 0.638. The molecule has 0 atom stereocenters. The van der Waals surface area contributed by atoms with E-state index in [0.29, 0.717) is 30.2 Å². The smallest absolute Gasteiger partial charge is 0.254 e. The third-order valence-electron chi connectivity index (χ3n) is 3.79. The number of carbonyl (C=O) groups excluding carboxylic acids is 1. The van der Waals surface area contributed by atoms with Crippen LogP contribution >= 0.6 is 11.3 Å². The Bertz CT molecular complexity index is 876. The summed E-state index contributed by atoms with van der Waals surface area (Å²) in [6.45, 7) is 0.838. The molecule has 0 aliphatic carbocycles. The van der Waals surface area contributed by atoms with Crippen LogP contribution in [0.1, 0.15) is 21.6 Å². The summed E-state index contributed by atoms with van der Waals surface area (Å²) in [5.41, 5.74) is 4.12. The minimum atomic E-state index is -0.0989. The molecular weight excluding hydrogens is 352 g/mol. The number of thiazole rings is 1. The van der Waals surface area contributed by atoms with Gasteiger partial charge in [0.15, 0.2) is 11.5 Å². The molecule has 0 aliphatic heterocycles. The van der Waals surface area contributed by atoms with Crippen molar-refractivity contribution in [3.63, 3.8) is 0 Å². The highest BCUT2D eigenvalue weighted by atomic mass is 32.1. The van der Waals surface area contributed by atoms with Crippen LogP contribution in [0, 0.1) is 0 Å². The molecule has 0 bridgehead atoms. The SMILES string of the molecule is COc1cc(C(=O)N(C)Cc2cnn(C)c2)ccc1OCc1cscn1. The number of hydrogen-bond acceptors (Lipinski definition) is 6. The van der Waals surface area contributed by atoms with Gasteiger partial charge in [-0.25, -0.2) is 4.98 Å². The third-order valence-corrected chi connectivity index (χ3v) is 4.43. The summed E-state index contributed by atoms with van der Waals surface area (Å²) in [6, 6.07) is 5.18. The molecule has 0 unspecified atom stereocenters. The first-order valence-electron chi connectivity index (χ1n) is 7.97. The van der Waals surface area contributed by atoms with E-state index >= 15 is 0 Å². The van der Waals surface area contributed by atoms with E-state index in [-0.39, 0.29) is 5.91 Å². The molecule has 26 heavy (non-hydrogen) atoms. The number of rotatable bonds is 7. The number of carbonyl (C=O) groups is 1. The summed E-state index contributed by atoms with van der Waals surface area (Å²) in [5.74, 6) is 0.992. The molecule has 3 rings (SSSR count). The van der Waals surface area contributed by atoms with E-state index < -0.39 is 0 Å². The van der Waals surface area contributed by atoms with E-state index in [2.05, 4.69) is 10.1 Å². The lowest BCUT2D eigenvalue weighted by atomic mass is 10.1. The number of benzene rings is 1. The fraction of sp³-hybridized carbons (Fsp3) is 0.278. The molecular formula is C18H20N4O3S. The van der Waals surface area contributed by atoms with Gasteiger partial charge in [-0.2, -0.15) is 5.10 Å². The molecule has 0 N–H and O–H groups in total. The number of methoxy groups -OCH3 is 1. The lowest BCUT2D eigenvalue weighted by molar-refractivity contribution is 0.0784. The molecule has 1 aromatic carbocycles. The highest BCUT2D eigenvalue weighted by Gasteiger charge is 2.16. The Kier molecular flexibility index (Phi) is 5.52. The second kappa shape index (κ2) is 8.01. The number of ether oxygens (including phenoxy) is 2. The van der Waals surface area contributed by atoms with Crippen LogP contribution in [0.2, 0.25) is 0 Å². The van der Waals surface area contributed by atoms with Crippen molar-refractivity contribution >= 4 is 17.2 Å². The molecule has 0 fully saturated rings. The number of nitrogens with zero attached hydrogens (tertiary/aromatic N) is 4. The first-order chi connectivity index (χ1) is 12.6. The Labute approximate surface area is 155 Å². The van der Waals surface area contributed by atoms with Crippen molar-refractivity contribution in [1.82, 2.24) is 19.7 Å². The third kappa shape index (κ3) is 4.20. The summed E-state index contributed by atoms with van der Waals surface area (Å²) in [7, 11) is 5.16. The topological polar surface area (TPSA) is 69.5 Å². The summed E-state index contributed by atoms with van der Waals surface area (Å²) >= 11 is 1.52. The van der Waals surface area contributed by atoms with Gasteiger partial charge < -0.3 is 14.4 Å². The minimum absolute atomic E-state index is 0.0989. The van der Waals surface area contributed by atoms with Gasteiger partial charge >= 0.3 is 0 Å². The Morgan fingerprint density at radius 1 is 1.35 bits per heavy atom. The minimum Gasteiger partial charge on any atom is -0.493 e. The second-order valence-corrected chi connectivity index (χ2v) is 6.54. The first kappa shape index (κ1) is 17.9. The second-order valence-electron chi connectivity index (χ2n) is 5.82. The van der Waals surface area contributed by atoms with Gasteiger partial charge in [0.25, 0.3) is 5.91 Å². The molecule has 0 aliphatic rings. The average Bonchev–Trinajstić information content (AvgIpc) is 3.30. The van der Waals surface area contributed by atoms with E-state index in [4.69, 9.17) is 9.47 Å². The molecule has 0 saturated heterocycles. The maximum absolute atomic E-state index is 12.7. The van der Waals surface area contributed by atoms with Crippen molar-refractivity contribution in [3.8, 4) is 11.5 Å². The van der Waals surface area contributed by atoms with Crippen LogP contribution in [0.3, 0.4) is 0 Å². The van der Waals surface area contributed by atoms with Crippen LogP contribution in [0.25, 0.3) is 0 Å².